The molecule has 0 radical (unpaired) electrons. The molecule has 0 fully saturated rings. The average Bonchev–Trinajstić information content (AvgIpc) is 3.10. The molecule has 1 aromatic heterocycles. The first kappa shape index (κ1) is 22.0. The minimum absolute atomic E-state index is 0.0643. The zero-order chi connectivity index (χ0) is 23.7. The highest BCUT2D eigenvalue weighted by atomic mass is 35.5. The molecule has 5 nitrogen and oxygen atoms in total. The van der Waals surface area contributed by atoms with Crippen molar-refractivity contribution >= 4 is 34.7 Å². The molecule has 6 heteroatoms. The number of aromatic nitrogens is 1. The quantitative estimate of drug-likeness (QED) is 0.351. The second-order valence-corrected chi connectivity index (χ2v) is 8.88. The topological polar surface area (TPSA) is 63.1 Å². The number of aryl methyl sites for hydroxylation is 1. The molecule has 1 aliphatic heterocycles. The summed E-state index contributed by atoms with van der Waals surface area (Å²) in [6, 6.07) is 25.9. The van der Waals surface area contributed by atoms with Crippen LogP contribution in [0, 0.1) is 6.92 Å². The predicted octanol–water partition coefficient (Wildman–Crippen LogP) is 6.03. The Balaban J connectivity index is 1.35. The first-order valence-corrected chi connectivity index (χ1v) is 11.6. The highest BCUT2D eigenvalue weighted by Crippen LogP contribution is 2.33. The van der Waals surface area contributed by atoms with E-state index in [9.17, 15) is 9.59 Å². The van der Waals surface area contributed by atoms with Crippen LogP contribution in [0.4, 0.5) is 11.4 Å². The molecule has 0 aliphatic carbocycles. The number of fused-ring (bicyclic) bond motifs is 2. The molecule has 4 aromatic rings. The molecule has 2 N–H and O–H groups in total. The number of rotatable bonds is 5. The minimum Gasteiger partial charge on any atom is -0.370 e. The number of anilines is 2. The van der Waals surface area contributed by atoms with Gasteiger partial charge in [0, 0.05) is 22.6 Å². The monoisotopic (exact) mass is 469 g/mol. The highest BCUT2D eigenvalue weighted by molar-refractivity contribution is 6.29. The molecule has 1 unspecified atom stereocenters. The van der Waals surface area contributed by atoms with Gasteiger partial charge in [-0.2, -0.15) is 0 Å². The van der Waals surface area contributed by atoms with Crippen LogP contribution in [0.1, 0.15) is 38.8 Å². The number of carbonyl (C=O) groups excluding carboxylic acids is 2. The summed E-state index contributed by atoms with van der Waals surface area (Å²) in [6.45, 7) is 2.59. The van der Waals surface area contributed by atoms with Crippen molar-refractivity contribution in [1.82, 2.24) is 4.57 Å². The first-order valence-electron chi connectivity index (χ1n) is 11.2. The summed E-state index contributed by atoms with van der Waals surface area (Å²) in [5.41, 5.74) is 6.10. The summed E-state index contributed by atoms with van der Waals surface area (Å²) in [5, 5.41) is 6.92. The van der Waals surface area contributed by atoms with E-state index >= 15 is 0 Å². The Morgan fingerprint density at radius 3 is 2.50 bits per heavy atom. The molecule has 34 heavy (non-hydrogen) atoms. The van der Waals surface area contributed by atoms with E-state index in [1.807, 2.05) is 72.2 Å². The van der Waals surface area contributed by atoms with Crippen LogP contribution in [0.25, 0.3) is 0 Å². The molecule has 0 saturated carbocycles. The van der Waals surface area contributed by atoms with Crippen molar-refractivity contribution in [2.24, 2.45) is 0 Å². The maximum atomic E-state index is 13.5. The fraction of sp³-hybridized carbons (Fsp3) is 0.143. The van der Waals surface area contributed by atoms with Crippen LogP contribution in [0.2, 0.25) is 5.15 Å². The summed E-state index contributed by atoms with van der Waals surface area (Å²) in [6.07, 6.45) is 0.302. The molecule has 1 atom stereocenters. The number of carbonyl (C=O) groups is 2. The predicted molar refractivity (Wildman–Crippen MR) is 136 cm³/mol. The first-order chi connectivity index (χ1) is 16.5. The fourth-order valence-corrected chi connectivity index (χ4v) is 4.57. The Hall–Kier alpha value is -3.83. The normalized spacial score (nSPS) is 14.4. The highest BCUT2D eigenvalue weighted by Gasteiger charge is 2.29. The van der Waals surface area contributed by atoms with Crippen molar-refractivity contribution in [1.29, 1.82) is 0 Å². The third kappa shape index (κ3) is 4.35. The van der Waals surface area contributed by atoms with Gasteiger partial charge in [-0.3, -0.25) is 9.59 Å². The number of Topliss-reactive ketones (excluding diaryl/α,β-unsaturated/α-hetero) is 1. The van der Waals surface area contributed by atoms with Crippen molar-refractivity contribution in [2.75, 3.05) is 10.6 Å². The van der Waals surface area contributed by atoms with E-state index in [1.165, 1.54) is 0 Å². The Kier molecular flexibility index (Phi) is 5.95. The molecule has 2 heterocycles. The lowest BCUT2D eigenvalue weighted by molar-refractivity contribution is -0.115. The second-order valence-electron chi connectivity index (χ2n) is 8.49. The molecular formula is C28H24ClN3O2. The van der Waals surface area contributed by atoms with Crippen LogP contribution in [0.5, 0.6) is 0 Å². The van der Waals surface area contributed by atoms with Gasteiger partial charge in [0.15, 0.2) is 5.78 Å². The van der Waals surface area contributed by atoms with Crippen LogP contribution in [0.3, 0.4) is 0 Å². The van der Waals surface area contributed by atoms with E-state index in [0.29, 0.717) is 29.4 Å². The molecule has 0 bridgehead atoms. The summed E-state index contributed by atoms with van der Waals surface area (Å²) in [7, 11) is 0. The zero-order valence-electron chi connectivity index (χ0n) is 18.7. The maximum Gasteiger partial charge on any atom is 0.228 e. The van der Waals surface area contributed by atoms with Gasteiger partial charge in [0.2, 0.25) is 5.91 Å². The third-order valence-corrected chi connectivity index (χ3v) is 6.56. The van der Waals surface area contributed by atoms with Gasteiger partial charge in [0.25, 0.3) is 0 Å². The Labute approximate surface area is 203 Å². The lowest BCUT2D eigenvalue weighted by Crippen LogP contribution is -2.22. The van der Waals surface area contributed by atoms with Crippen LogP contribution >= 0.6 is 11.6 Å². The number of halogens is 1. The number of hydrogen-bond acceptors (Lipinski definition) is 3. The zero-order valence-corrected chi connectivity index (χ0v) is 19.5. The van der Waals surface area contributed by atoms with E-state index in [4.69, 9.17) is 11.6 Å². The van der Waals surface area contributed by atoms with Gasteiger partial charge < -0.3 is 15.2 Å². The van der Waals surface area contributed by atoms with Crippen molar-refractivity contribution in [3.05, 3.63) is 118 Å². The molecule has 1 aliphatic rings. The molecule has 5 rings (SSSR count). The Morgan fingerprint density at radius 2 is 1.71 bits per heavy atom. The molecule has 0 saturated heterocycles. The van der Waals surface area contributed by atoms with Crippen molar-refractivity contribution < 1.29 is 9.59 Å². The van der Waals surface area contributed by atoms with Crippen LogP contribution in [-0.4, -0.2) is 16.3 Å². The number of hydrogen-bond donors (Lipinski definition) is 2. The van der Waals surface area contributed by atoms with Gasteiger partial charge in [-0.15, -0.1) is 0 Å². The van der Waals surface area contributed by atoms with Crippen LogP contribution in [0.15, 0.2) is 84.9 Å². The van der Waals surface area contributed by atoms with Crippen molar-refractivity contribution in [3.8, 4) is 0 Å². The molecule has 170 valence electrons. The summed E-state index contributed by atoms with van der Waals surface area (Å²) in [4.78, 5) is 26.0. The smallest absolute Gasteiger partial charge is 0.228 e. The van der Waals surface area contributed by atoms with E-state index in [1.54, 1.807) is 24.3 Å². The Morgan fingerprint density at radius 1 is 0.971 bits per heavy atom. The van der Waals surface area contributed by atoms with Gasteiger partial charge in [0.05, 0.1) is 13.0 Å². The number of amides is 1. The Bertz CT molecular complexity index is 1370. The maximum absolute atomic E-state index is 13.5. The lowest BCUT2D eigenvalue weighted by Gasteiger charge is -2.18. The SMILES string of the molecule is Cc1ccccc1CC(=O)Nc1ccc(C(=O)C2Nc3ccccc3Cn3c(Cl)ccc32)cc1. The fourth-order valence-electron chi connectivity index (χ4n) is 4.35. The largest absolute Gasteiger partial charge is 0.370 e. The van der Waals surface area contributed by atoms with Gasteiger partial charge in [-0.1, -0.05) is 54.1 Å². The molecule has 3 aromatic carbocycles. The lowest BCUT2D eigenvalue weighted by atomic mass is 10.0. The van der Waals surface area contributed by atoms with Crippen LogP contribution < -0.4 is 10.6 Å². The molecule has 1 amide bonds. The summed E-state index contributed by atoms with van der Waals surface area (Å²) < 4.78 is 1.96. The average molecular weight is 470 g/mol. The molecular weight excluding hydrogens is 446 g/mol. The van der Waals surface area contributed by atoms with E-state index in [-0.39, 0.29) is 11.7 Å². The van der Waals surface area contributed by atoms with Gasteiger partial charge in [-0.05, 0) is 66.1 Å². The number of nitrogens with zero attached hydrogens (tertiary/aromatic N) is 1. The second kappa shape index (κ2) is 9.20. The number of benzene rings is 3. The van der Waals surface area contributed by atoms with Gasteiger partial charge in [0.1, 0.15) is 11.2 Å². The van der Waals surface area contributed by atoms with Crippen molar-refractivity contribution in [2.45, 2.75) is 25.9 Å². The van der Waals surface area contributed by atoms with Crippen molar-refractivity contribution in [3.63, 3.8) is 0 Å². The van der Waals surface area contributed by atoms with E-state index in [0.717, 1.165) is 28.1 Å². The third-order valence-electron chi connectivity index (χ3n) is 6.23. The van der Waals surface area contributed by atoms with E-state index in [2.05, 4.69) is 10.6 Å². The van der Waals surface area contributed by atoms with Gasteiger partial charge in [-0.25, -0.2) is 0 Å². The minimum atomic E-state index is -0.572. The number of nitrogens with one attached hydrogen (secondary N) is 2. The standard InChI is InChI=1S/C28H24ClN3O2/c1-18-6-2-3-7-20(18)16-26(33)30-22-12-10-19(11-13-22)28(34)27-24-14-15-25(29)32(24)17-21-8-4-5-9-23(21)31-27/h2-15,27,31H,16-17H2,1H3,(H,30,33). The number of ketones is 1. The summed E-state index contributed by atoms with van der Waals surface area (Å²) >= 11 is 6.43. The van der Waals surface area contributed by atoms with E-state index < -0.39 is 6.04 Å². The molecule has 0 spiro atoms. The van der Waals surface area contributed by atoms with Crippen LogP contribution in [-0.2, 0) is 17.8 Å². The summed E-state index contributed by atoms with van der Waals surface area (Å²) in [5.74, 6) is -0.159. The number of para-hydroxylation sites is 1. The van der Waals surface area contributed by atoms with Gasteiger partial charge >= 0.3 is 0 Å².